The van der Waals surface area contributed by atoms with Crippen molar-refractivity contribution < 1.29 is 12.8 Å². The van der Waals surface area contributed by atoms with E-state index >= 15 is 0 Å². The van der Waals surface area contributed by atoms with Gasteiger partial charge in [0.2, 0.25) is 10.0 Å². The van der Waals surface area contributed by atoms with E-state index < -0.39 is 20.7 Å². The van der Waals surface area contributed by atoms with Crippen molar-refractivity contribution in [2.45, 2.75) is 18.0 Å². The largest absolute Gasteiger partial charge is 0.326 e. The van der Waals surface area contributed by atoms with Crippen molar-refractivity contribution in [1.82, 2.24) is 4.72 Å². The predicted molar refractivity (Wildman–Crippen MR) is 79.8 cm³/mol. The third-order valence-corrected chi connectivity index (χ3v) is 4.64. The third kappa shape index (κ3) is 3.79. The fraction of sp³-hybridized carbons (Fsp3) is 0.143. The fourth-order valence-corrected chi connectivity index (χ4v) is 3.10. The summed E-state index contributed by atoms with van der Waals surface area (Å²) >= 11 is 5.61. The maximum atomic E-state index is 13.7. The molecule has 2 rings (SSSR count). The van der Waals surface area contributed by atoms with Crippen LogP contribution in [-0.4, -0.2) is 8.42 Å². The van der Waals surface area contributed by atoms with Gasteiger partial charge in [-0.1, -0.05) is 35.9 Å². The molecule has 2 aromatic carbocycles. The van der Waals surface area contributed by atoms with Gasteiger partial charge in [0.05, 0.1) is 0 Å². The van der Waals surface area contributed by atoms with E-state index in [1.165, 1.54) is 6.07 Å². The Bertz CT molecular complexity index is 750. The molecule has 112 valence electrons. The molecular formula is C14H14ClFN2O2S. The van der Waals surface area contributed by atoms with Crippen LogP contribution >= 0.6 is 11.6 Å². The average Bonchev–Trinajstić information content (AvgIpc) is 2.45. The summed E-state index contributed by atoms with van der Waals surface area (Å²) in [5.41, 5.74) is 7.17. The molecule has 0 atom stereocenters. The molecule has 7 heteroatoms. The molecule has 4 nitrogen and oxygen atoms in total. The predicted octanol–water partition coefficient (Wildman–Crippen LogP) is 2.42. The SMILES string of the molecule is NCc1ccccc1CNS(=O)(=O)c1ccc(Cl)cc1F. The third-order valence-electron chi connectivity index (χ3n) is 2.97. The number of hydrogen-bond donors (Lipinski definition) is 2. The molecule has 0 aliphatic heterocycles. The highest BCUT2D eigenvalue weighted by Crippen LogP contribution is 2.19. The van der Waals surface area contributed by atoms with Gasteiger partial charge in [0.15, 0.2) is 0 Å². The summed E-state index contributed by atoms with van der Waals surface area (Å²) in [6, 6.07) is 10.6. The topological polar surface area (TPSA) is 72.2 Å². The minimum absolute atomic E-state index is 0.0395. The molecule has 0 bridgehead atoms. The molecule has 3 N–H and O–H groups in total. The van der Waals surface area contributed by atoms with E-state index in [2.05, 4.69) is 4.72 Å². The number of nitrogens with one attached hydrogen (secondary N) is 1. The molecular weight excluding hydrogens is 315 g/mol. The molecule has 0 unspecified atom stereocenters. The summed E-state index contributed by atoms with van der Waals surface area (Å²) in [4.78, 5) is -0.433. The van der Waals surface area contributed by atoms with Crippen molar-refractivity contribution in [2.24, 2.45) is 5.73 Å². The molecule has 0 fully saturated rings. The summed E-state index contributed by atoms with van der Waals surface area (Å²) in [6.45, 7) is 0.338. The Morgan fingerprint density at radius 2 is 1.81 bits per heavy atom. The normalized spacial score (nSPS) is 11.6. The molecule has 0 saturated carbocycles. The first-order chi connectivity index (χ1) is 9.94. The van der Waals surface area contributed by atoms with Gasteiger partial charge in [-0.2, -0.15) is 0 Å². The standard InChI is InChI=1S/C14H14ClFN2O2S/c15-12-5-6-14(13(16)7-12)21(19,20)18-9-11-4-2-1-3-10(11)8-17/h1-7,18H,8-9,17H2. The quantitative estimate of drug-likeness (QED) is 0.885. The van der Waals surface area contributed by atoms with E-state index in [9.17, 15) is 12.8 Å². The Labute approximate surface area is 127 Å². The van der Waals surface area contributed by atoms with Crippen LogP contribution < -0.4 is 10.5 Å². The molecule has 0 amide bonds. The molecule has 0 saturated heterocycles. The van der Waals surface area contributed by atoms with Crippen LogP contribution in [0.1, 0.15) is 11.1 Å². The summed E-state index contributed by atoms with van der Waals surface area (Å²) in [7, 11) is -3.96. The van der Waals surface area contributed by atoms with E-state index in [0.717, 1.165) is 23.3 Å². The highest BCUT2D eigenvalue weighted by molar-refractivity contribution is 7.89. The van der Waals surface area contributed by atoms with E-state index in [4.69, 9.17) is 17.3 Å². The van der Waals surface area contributed by atoms with Crippen LogP contribution in [0.5, 0.6) is 0 Å². The van der Waals surface area contributed by atoms with Gasteiger partial charge in [-0.25, -0.2) is 17.5 Å². The molecule has 0 aliphatic carbocycles. The Balaban J connectivity index is 2.22. The first kappa shape index (κ1) is 15.9. The molecule has 0 spiro atoms. The smallest absolute Gasteiger partial charge is 0.243 e. The summed E-state index contributed by atoms with van der Waals surface area (Å²) in [6.07, 6.45) is 0. The van der Waals surface area contributed by atoms with Crippen LogP contribution in [0, 0.1) is 5.82 Å². The van der Waals surface area contributed by atoms with Crippen molar-refractivity contribution in [3.63, 3.8) is 0 Å². The van der Waals surface area contributed by atoms with Gasteiger partial charge in [-0.05, 0) is 29.3 Å². The van der Waals surface area contributed by atoms with Crippen molar-refractivity contribution in [1.29, 1.82) is 0 Å². The highest BCUT2D eigenvalue weighted by atomic mass is 35.5. The van der Waals surface area contributed by atoms with E-state index in [0.29, 0.717) is 6.54 Å². The number of halogens is 2. The number of benzene rings is 2. The maximum absolute atomic E-state index is 13.7. The van der Waals surface area contributed by atoms with Crippen LogP contribution in [-0.2, 0) is 23.1 Å². The molecule has 0 aliphatic rings. The minimum atomic E-state index is -3.96. The molecule has 0 radical (unpaired) electrons. The van der Waals surface area contributed by atoms with Crippen LogP contribution in [0.2, 0.25) is 5.02 Å². The van der Waals surface area contributed by atoms with Crippen molar-refractivity contribution in [3.05, 3.63) is 64.4 Å². The molecule has 0 aromatic heterocycles. The Morgan fingerprint density at radius 1 is 1.14 bits per heavy atom. The monoisotopic (exact) mass is 328 g/mol. The zero-order valence-electron chi connectivity index (χ0n) is 11.0. The van der Waals surface area contributed by atoms with Gasteiger partial charge in [0, 0.05) is 18.1 Å². The van der Waals surface area contributed by atoms with Gasteiger partial charge in [0.1, 0.15) is 10.7 Å². The van der Waals surface area contributed by atoms with Crippen LogP contribution in [0.25, 0.3) is 0 Å². The van der Waals surface area contributed by atoms with Gasteiger partial charge < -0.3 is 5.73 Å². The average molecular weight is 329 g/mol. The number of sulfonamides is 1. The van der Waals surface area contributed by atoms with Crippen molar-refractivity contribution >= 4 is 21.6 Å². The fourth-order valence-electron chi connectivity index (χ4n) is 1.87. The van der Waals surface area contributed by atoms with Gasteiger partial charge in [-0.15, -0.1) is 0 Å². The first-order valence-electron chi connectivity index (χ1n) is 6.15. The lowest BCUT2D eigenvalue weighted by atomic mass is 10.1. The Kier molecular flexibility index (Phi) is 4.95. The second-order valence-corrected chi connectivity index (χ2v) is 6.54. The molecule has 21 heavy (non-hydrogen) atoms. The second kappa shape index (κ2) is 6.53. The van der Waals surface area contributed by atoms with Crippen molar-refractivity contribution in [3.8, 4) is 0 Å². The lowest BCUT2D eigenvalue weighted by molar-refractivity contribution is 0.556. The number of hydrogen-bond acceptors (Lipinski definition) is 3. The lowest BCUT2D eigenvalue weighted by Crippen LogP contribution is -2.25. The van der Waals surface area contributed by atoms with Crippen LogP contribution in [0.15, 0.2) is 47.4 Å². The number of rotatable bonds is 5. The zero-order chi connectivity index (χ0) is 15.5. The molecule has 0 heterocycles. The van der Waals surface area contributed by atoms with E-state index in [1.807, 2.05) is 12.1 Å². The highest BCUT2D eigenvalue weighted by Gasteiger charge is 2.19. The van der Waals surface area contributed by atoms with Crippen LogP contribution in [0.4, 0.5) is 4.39 Å². The van der Waals surface area contributed by atoms with Crippen molar-refractivity contribution in [2.75, 3.05) is 0 Å². The van der Waals surface area contributed by atoms with E-state index in [-0.39, 0.29) is 11.6 Å². The zero-order valence-corrected chi connectivity index (χ0v) is 12.6. The van der Waals surface area contributed by atoms with Gasteiger partial charge >= 0.3 is 0 Å². The summed E-state index contributed by atoms with van der Waals surface area (Å²) in [5, 5.41) is 0.139. The maximum Gasteiger partial charge on any atom is 0.243 e. The summed E-state index contributed by atoms with van der Waals surface area (Å²) in [5.74, 6) is -0.887. The van der Waals surface area contributed by atoms with Crippen LogP contribution in [0.3, 0.4) is 0 Å². The second-order valence-electron chi connectivity index (χ2n) is 4.37. The van der Waals surface area contributed by atoms with E-state index in [1.54, 1.807) is 12.1 Å². The van der Waals surface area contributed by atoms with Gasteiger partial charge in [-0.3, -0.25) is 0 Å². The summed E-state index contributed by atoms with van der Waals surface area (Å²) < 4.78 is 40.3. The Morgan fingerprint density at radius 3 is 2.43 bits per heavy atom. The first-order valence-corrected chi connectivity index (χ1v) is 8.01. The molecule has 2 aromatic rings. The number of nitrogens with two attached hydrogens (primary N) is 1. The minimum Gasteiger partial charge on any atom is -0.326 e. The lowest BCUT2D eigenvalue weighted by Gasteiger charge is -2.10. The Hall–Kier alpha value is -1.47. The van der Waals surface area contributed by atoms with Gasteiger partial charge in [0.25, 0.3) is 0 Å².